The number of ketones is 2. The van der Waals surface area contributed by atoms with Crippen molar-refractivity contribution in [3.63, 3.8) is 0 Å². The summed E-state index contributed by atoms with van der Waals surface area (Å²) < 4.78 is 11.9. The van der Waals surface area contributed by atoms with Gasteiger partial charge in [-0.2, -0.15) is 0 Å². The van der Waals surface area contributed by atoms with Crippen LogP contribution >= 0.6 is 23.2 Å². The first-order valence-electron chi connectivity index (χ1n) is 14.6. The molecule has 0 saturated carbocycles. The highest BCUT2D eigenvalue weighted by atomic mass is 35.5. The normalized spacial score (nSPS) is 11.7. The fraction of sp³-hybridized carbons (Fsp3) is 0.0500. The molecule has 0 saturated heterocycles. The topological polar surface area (TPSA) is 52.6 Å². The maximum Gasteiger partial charge on any atom is 0.207 e. The van der Waals surface area contributed by atoms with Crippen LogP contribution in [0.4, 0.5) is 0 Å². The number of carbonyl (C=O) groups is 2. The fourth-order valence-electron chi connectivity index (χ4n) is 4.62. The predicted molar refractivity (Wildman–Crippen MR) is 184 cm³/mol. The number of Topliss-reactive ketones (excluding diaryl/α,β-unsaturated/α-hetero) is 2. The molecule has 0 heterocycles. The smallest absolute Gasteiger partial charge is 0.207 e. The highest BCUT2D eigenvalue weighted by molar-refractivity contribution is 6.32. The van der Waals surface area contributed by atoms with Gasteiger partial charge in [0.15, 0.2) is 12.2 Å². The number of benzene rings is 6. The molecule has 228 valence electrons. The molecule has 6 rings (SSSR count). The molecule has 6 heteroatoms. The van der Waals surface area contributed by atoms with Crippen LogP contribution in [0.5, 0.6) is 11.5 Å². The van der Waals surface area contributed by atoms with Crippen LogP contribution in [0.15, 0.2) is 170 Å². The molecule has 0 amide bonds. The molecule has 0 aliphatic carbocycles. The van der Waals surface area contributed by atoms with Gasteiger partial charge >= 0.3 is 0 Å². The zero-order chi connectivity index (χ0) is 32.1. The van der Waals surface area contributed by atoms with Crippen LogP contribution in [0.1, 0.15) is 44.1 Å². The molecule has 0 spiro atoms. The zero-order valence-electron chi connectivity index (χ0n) is 24.7. The van der Waals surface area contributed by atoms with Gasteiger partial charge in [-0.05, 0) is 48.5 Å². The van der Waals surface area contributed by atoms with Crippen molar-refractivity contribution in [3.05, 3.63) is 202 Å². The molecule has 0 aliphatic rings. The summed E-state index contributed by atoms with van der Waals surface area (Å²) in [4.78, 5) is 25.8. The van der Waals surface area contributed by atoms with Crippen LogP contribution in [0.25, 0.3) is 0 Å². The number of halogens is 2. The van der Waals surface area contributed by atoms with Gasteiger partial charge in [-0.15, -0.1) is 0 Å². The van der Waals surface area contributed by atoms with Gasteiger partial charge in [-0.25, -0.2) is 0 Å². The molecule has 46 heavy (non-hydrogen) atoms. The van der Waals surface area contributed by atoms with Crippen LogP contribution in [0.2, 0.25) is 10.0 Å². The summed E-state index contributed by atoms with van der Waals surface area (Å²) in [6, 6.07) is 51.4. The van der Waals surface area contributed by atoms with Crippen molar-refractivity contribution in [2.24, 2.45) is 0 Å². The number of rotatable bonds is 10. The van der Waals surface area contributed by atoms with Crippen molar-refractivity contribution >= 4 is 34.8 Å². The van der Waals surface area contributed by atoms with E-state index in [0.29, 0.717) is 32.7 Å². The van der Waals surface area contributed by atoms with E-state index in [1.54, 1.807) is 48.5 Å². The van der Waals surface area contributed by atoms with E-state index < -0.39 is 12.2 Å². The molecule has 2 atom stereocenters. The third-order valence-electron chi connectivity index (χ3n) is 6.95. The Hall–Kier alpha value is -5.16. The standard InChI is InChI=1S/2C20H15ClO2/c21-17-13-7-8-14-18(17)23-20(16-11-5-2-6-12-16)19(22)15-9-3-1-4-10-15;21-17-13-11-15(12-14-17)19(22)20(16-7-3-1-4-8-16)23-18-9-5-2-6-10-18/h2*1-14,20H. The summed E-state index contributed by atoms with van der Waals surface area (Å²) in [5.41, 5.74) is 2.78. The maximum absolute atomic E-state index is 12.9. The highest BCUT2D eigenvalue weighted by Gasteiger charge is 2.25. The molecular formula is C40H30Cl2O4. The van der Waals surface area contributed by atoms with Gasteiger partial charge in [0.2, 0.25) is 11.6 Å². The van der Waals surface area contributed by atoms with Crippen molar-refractivity contribution in [2.75, 3.05) is 0 Å². The van der Waals surface area contributed by atoms with Gasteiger partial charge in [-0.1, -0.05) is 145 Å². The average Bonchev–Trinajstić information content (AvgIpc) is 3.12. The molecule has 0 bridgehead atoms. The van der Waals surface area contributed by atoms with E-state index in [4.69, 9.17) is 32.7 Å². The van der Waals surface area contributed by atoms with Gasteiger partial charge in [0, 0.05) is 27.3 Å². The highest BCUT2D eigenvalue weighted by Crippen LogP contribution is 2.31. The van der Waals surface area contributed by atoms with Crippen molar-refractivity contribution in [1.82, 2.24) is 0 Å². The summed E-state index contributed by atoms with van der Waals surface area (Å²) >= 11 is 12.1. The summed E-state index contributed by atoms with van der Waals surface area (Å²) in [6.45, 7) is 0. The number of carbonyl (C=O) groups excluding carboxylic acids is 2. The monoisotopic (exact) mass is 644 g/mol. The van der Waals surface area contributed by atoms with E-state index in [1.807, 2.05) is 121 Å². The molecule has 0 aliphatic heterocycles. The van der Waals surface area contributed by atoms with Crippen molar-refractivity contribution < 1.29 is 19.1 Å². The summed E-state index contributed by atoms with van der Waals surface area (Å²) in [7, 11) is 0. The Morgan fingerprint density at radius 3 is 1.37 bits per heavy atom. The molecule has 4 nitrogen and oxygen atoms in total. The largest absolute Gasteiger partial charge is 0.478 e. The lowest BCUT2D eigenvalue weighted by Gasteiger charge is -2.19. The van der Waals surface area contributed by atoms with E-state index >= 15 is 0 Å². The lowest BCUT2D eigenvalue weighted by atomic mass is 10.00. The molecule has 0 N–H and O–H groups in total. The summed E-state index contributed by atoms with van der Waals surface area (Å²) in [6.07, 6.45) is -1.43. The number of hydrogen-bond donors (Lipinski definition) is 0. The average molecular weight is 646 g/mol. The molecular weight excluding hydrogens is 615 g/mol. The molecule has 0 aromatic heterocycles. The van der Waals surface area contributed by atoms with E-state index in [0.717, 1.165) is 11.1 Å². The third-order valence-corrected chi connectivity index (χ3v) is 7.51. The second-order valence-corrected chi connectivity index (χ2v) is 11.0. The number of ether oxygens (including phenoxy) is 2. The Bertz CT molecular complexity index is 1830. The van der Waals surface area contributed by atoms with Crippen LogP contribution in [0.3, 0.4) is 0 Å². The lowest BCUT2D eigenvalue weighted by molar-refractivity contribution is 0.0787. The van der Waals surface area contributed by atoms with Crippen LogP contribution in [0, 0.1) is 0 Å². The van der Waals surface area contributed by atoms with Gasteiger partial charge in [-0.3, -0.25) is 9.59 Å². The predicted octanol–water partition coefficient (Wildman–Crippen LogP) is 10.7. The number of hydrogen-bond acceptors (Lipinski definition) is 4. The van der Waals surface area contributed by atoms with Gasteiger partial charge in [0.1, 0.15) is 11.5 Å². The van der Waals surface area contributed by atoms with Crippen molar-refractivity contribution in [2.45, 2.75) is 12.2 Å². The minimum Gasteiger partial charge on any atom is -0.478 e. The molecule has 0 radical (unpaired) electrons. The van der Waals surface area contributed by atoms with Crippen LogP contribution in [-0.4, -0.2) is 11.6 Å². The zero-order valence-corrected chi connectivity index (χ0v) is 26.2. The second-order valence-electron chi connectivity index (χ2n) is 10.2. The van der Waals surface area contributed by atoms with E-state index in [1.165, 1.54) is 0 Å². The van der Waals surface area contributed by atoms with Gasteiger partial charge in [0.05, 0.1) is 5.02 Å². The quantitative estimate of drug-likeness (QED) is 0.139. The minimum atomic E-state index is -0.738. The first-order valence-corrected chi connectivity index (χ1v) is 15.4. The Kier molecular flexibility index (Phi) is 11.4. The molecule has 2 unspecified atom stereocenters. The van der Waals surface area contributed by atoms with E-state index in [2.05, 4.69) is 0 Å². The van der Waals surface area contributed by atoms with Crippen LogP contribution < -0.4 is 9.47 Å². The van der Waals surface area contributed by atoms with Gasteiger partial charge in [0.25, 0.3) is 0 Å². The molecule has 6 aromatic rings. The van der Waals surface area contributed by atoms with E-state index in [9.17, 15) is 9.59 Å². The minimum absolute atomic E-state index is 0.100. The molecule has 6 aromatic carbocycles. The van der Waals surface area contributed by atoms with Crippen molar-refractivity contribution in [1.29, 1.82) is 0 Å². The lowest BCUT2D eigenvalue weighted by Crippen LogP contribution is -2.19. The van der Waals surface area contributed by atoms with E-state index in [-0.39, 0.29) is 11.6 Å². The van der Waals surface area contributed by atoms with Crippen LogP contribution in [-0.2, 0) is 0 Å². The summed E-state index contributed by atoms with van der Waals surface area (Å²) in [5, 5.41) is 1.08. The van der Waals surface area contributed by atoms with Crippen molar-refractivity contribution in [3.8, 4) is 11.5 Å². The Labute approximate surface area is 278 Å². The third kappa shape index (κ3) is 8.72. The maximum atomic E-state index is 12.9. The first-order chi connectivity index (χ1) is 22.5. The SMILES string of the molecule is O=C(c1ccc(Cl)cc1)C(Oc1ccccc1)c1ccccc1.O=C(c1ccccc1)C(Oc1ccccc1Cl)c1ccccc1. The molecule has 0 fully saturated rings. The first kappa shape index (κ1) is 32.2. The summed E-state index contributed by atoms with van der Waals surface area (Å²) in [5.74, 6) is 0.949. The number of para-hydroxylation sites is 2. The second kappa shape index (κ2) is 16.2. The van der Waals surface area contributed by atoms with Gasteiger partial charge < -0.3 is 9.47 Å². The fourth-order valence-corrected chi connectivity index (χ4v) is 4.93. The Morgan fingerprint density at radius 1 is 0.435 bits per heavy atom. The Balaban J connectivity index is 0.000000181. The Morgan fingerprint density at radius 2 is 0.848 bits per heavy atom.